The molecule has 0 saturated carbocycles. The maximum Gasteiger partial charge on any atom is 0.160 e. The van der Waals surface area contributed by atoms with E-state index in [0.29, 0.717) is 17.5 Å². The summed E-state index contributed by atoms with van der Waals surface area (Å²) in [5.41, 5.74) is 41.5. The summed E-state index contributed by atoms with van der Waals surface area (Å²) in [6, 6.07) is 176. The lowest BCUT2D eigenvalue weighted by molar-refractivity contribution is 0.661. The van der Waals surface area contributed by atoms with Crippen LogP contribution in [-0.2, 0) is 16.2 Å². The summed E-state index contributed by atoms with van der Waals surface area (Å²) < 4.78 is 7.39. The number of nitrogens with zero attached hydrogens (tertiary/aromatic N) is 9. The molecule has 0 bridgehead atoms. The van der Waals surface area contributed by atoms with Gasteiger partial charge in [0.1, 0.15) is 0 Å². The molecule has 30 rings (SSSR count). The van der Waals surface area contributed by atoms with Gasteiger partial charge in [0.25, 0.3) is 0 Å². The van der Waals surface area contributed by atoms with Crippen molar-refractivity contribution < 1.29 is 0 Å². The first kappa shape index (κ1) is 88.7. The fraction of sp³-hybridized carbons (Fsp3) is 0.0638. The van der Waals surface area contributed by atoms with E-state index < -0.39 is 0 Å². The van der Waals surface area contributed by atoms with Gasteiger partial charge in [-0.25, -0.2) is 29.9 Å². The zero-order valence-electron chi connectivity index (χ0n) is 83.8. The first-order chi connectivity index (χ1) is 73.7. The van der Waals surface area contributed by atoms with E-state index in [-0.39, 0.29) is 16.2 Å². The first-order valence-corrected chi connectivity index (χ1v) is 51.8. The van der Waals surface area contributed by atoms with E-state index in [9.17, 15) is 0 Å². The molecular weight excluding hydrogens is 1820 g/mol. The molecule has 3 aliphatic carbocycles. The molecular formula is C141H99N9. The molecule has 0 fully saturated rings. The number of hydrogen-bond acceptors (Lipinski definition) is 6. The van der Waals surface area contributed by atoms with E-state index in [1.165, 1.54) is 164 Å². The van der Waals surface area contributed by atoms with Crippen LogP contribution in [0.3, 0.4) is 0 Å². The Morgan fingerprint density at radius 2 is 0.527 bits per heavy atom. The fourth-order valence-electron chi connectivity index (χ4n) is 24.6. The minimum atomic E-state index is -0.160. The van der Waals surface area contributed by atoms with Crippen molar-refractivity contribution in [1.29, 1.82) is 0 Å². The SMILES string of the molecule is CC1(C)c2ccccc2-c2c1c1c3ccccc3n(-c3ccc(-c4nc(-c5ccccc5)cc(-c5ccccc5)n4)cc3)c1c1ccccc21.CC1(C)c2ccccc2-c2cc3c(cc21)c1cc2ccccc2cc1n3-c1ccc(-c2nc(-c3ccccc3)cc(-c3ccccc3)n2)cc1.CC1(C)c2ccccc2-c2ccc3c4c5ccccc5ccc4n(-c4ccc(-c5nc(-c6ccccc6)cc(-c6ccccc6)n5)cc4)c3c21. The van der Waals surface area contributed by atoms with Crippen molar-refractivity contribution in [1.82, 2.24) is 43.6 Å². The van der Waals surface area contributed by atoms with Gasteiger partial charge in [0, 0.05) is 121 Å². The van der Waals surface area contributed by atoms with Gasteiger partial charge < -0.3 is 13.7 Å². The van der Waals surface area contributed by atoms with Gasteiger partial charge in [-0.05, 0) is 221 Å². The molecule has 0 amide bonds. The standard InChI is InChI=1S/3C47H33N3/c1-47(2)38-23-13-11-21-36(38)42-34-19-9-10-20-35(34)45-43(44(42)47)37-22-12-14-24-41(37)50(45)33-27-25-32(26-28-33)46-48-39(30-15-5-3-6-16-30)29-40(49-46)31-17-7-4-8-18-31;1-47(2)39-20-12-11-19-36(39)37-26-27-38-43-35-18-10-9-13-30(35)23-28-42(43)50(45(38)44(37)47)34-24-21-33(22-25-34)46-48-40(31-14-5-3-6-15-31)29-41(49-46)32-16-7-4-8-17-32;1-47(2)40-20-12-11-19-36(40)37-28-45-39(27-41(37)47)38-25-33-17-9-10-18-34(33)26-44(38)50(45)35-23-21-32(22-24-35)46-48-42(30-13-5-3-6-14-30)29-43(49-46)31-15-7-4-8-16-31/h3*3-29H,1-2H3. The van der Waals surface area contributed by atoms with Crippen LogP contribution >= 0.6 is 0 Å². The highest BCUT2D eigenvalue weighted by Crippen LogP contribution is 2.59. The second kappa shape index (κ2) is 35.2. The number of para-hydroxylation sites is 1. The minimum absolute atomic E-state index is 0.0695. The fourth-order valence-corrected chi connectivity index (χ4v) is 24.6. The van der Waals surface area contributed by atoms with Crippen LogP contribution in [0.1, 0.15) is 74.9 Å². The molecule has 0 saturated heterocycles. The largest absolute Gasteiger partial charge is 0.309 e. The van der Waals surface area contributed by atoms with Crippen LogP contribution in [0.25, 0.3) is 250 Å². The zero-order valence-corrected chi connectivity index (χ0v) is 83.8. The lowest BCUT2D eigenvalue weighted by Gasteiger charge is -2.23. The van der Waals surface area contributed by atoms with Crippen molar-refractivity contribution in [2.45, 2.75) is 57.8 Å². The highest BCUT2D eigenvalue weighted by Gasteiger charge is 2.43. The van der Waals surface area contributed by atoms with E-state index in [1.54, 1.807) is 0 Å². The van der Waals surface area contributed by atoms with Crippen molar-refractivity contribution in [2.24, 2.45) is 0 Å². The second-order valence-corrected chi connectivity index (χ2v) is 41.5. The van der Waals surface area contributed by atoms with Gasteiger partial charge in [-0.3, -0.25) is 0 Å². The van der Waals surface area contributed by atoms with E-state index in [2.05, 4.69) is 510 Å². The van der Waals surface area contributed by atoms with Crippen molar-refractivity contribution in [3.05, 3.63) is 525 Å². The van der Waals surface area contributed by atoms with Gasteiger partial charge in [0.2, 0.25) is 0 Å². The summed E-state index contributed by atoms with van der Waals surface area (Å²) in [6.07, 6.45) is 0. The summed E-state index contributed by atoms with van der Waals surface area (Å²) in [5.74, 6) is 2.13. The Balaban J connectivity index is 0.000000108. The Hall–Kier alpha value is -19.0. The summed E-state index contributed by atoms with van der Waals surface area (Å²) >= 11 is 0. The Labute approximate surface area is 869 Å². The number of hydrogen-bond donors (Lipinski definition) is 0. The number of benzene rings is 21. The normalized spacial score (nSPS) is 13.2. The van der Waals surface area contributed by atoms with Gasteiger partial charge in [-0.15, -0.1) is 0 Å². The average molecular weight is 1920 g/mol. The maximum absolute atomic E-state index is 5.10. The quantitative estimate of drug-likeness (QED) is 0.121. The second-order valence-electron chi connectivity index (χ2n) is 41.5. The lowest BCUT2D eigenvalue weighted by atomic mass is 9.79. The van der Waals surface area contributed by atoms with Gasteiger partial charge in [-0.1, -0.05) is 406 Å². The van der Waals surface area contributed by atoms with Gasteiger partial charge in [0.15, 0.2) is 17.5 Å². The minimum Gasteiger partial charge on any atom is -0.309 e. The lowest BCUT2D eigenvalue weighted by Crippen LogP contribution is -2.16. The third-order valence-corrected chi connectivity index (χ3v) is 31.7. The van der Waals surface area contributed by atoms with Gasteiger partial charge in [0.05, 0.1) is 67.3 Å². The van der Waals surface area contributed by atoms with Crippen LogP contribution in [0.4, 0.5) is 0 Å². The van der Waals surface area contributed by atoms with Crippen molar-refractivity contribution >= 4 is 97.7 Å². The van der Waals surface area contributed by atoms with Crippen molar-refractivity contribution in [3.8, 4) is 152 Å². The summed E-state index contributed by atoms with van der Waals surface area (Å²) in [7, 11) is 0. The molecule has 0 unspecified atom stereocenters. The summed E-state index contributed by atoms with van der Waals surface area (Å²) in [6.45, 7) is 14.2. The molecule has 21 aromatic carbocycles. The molecule has 0 aliphatic heterocycles. The molecule has 27 aromatic rings. The molecule has 9 heteroatoms. The van der Waals surface area contributed by atoms with Crippen molar-refractivity contribution in [3.63, 3.8) is 0 Å². The van der Waals surface area contributed by atoms with E-state index in [1.807, 2.05) is 36.4 Å². The summed E-state index contributed by atoms with van der Waals surface area (Å²) in [5, 5.41) is 15.3. The van der Waals surface area contributed by atoms with Crippen LogP contribution in [0, 0.1) is 0 Å². The molecule has 9 nitrogen and oxygen atoms in total. The number of fused-ring (bicyclic) bond motifs is 26. The monoisotopic (exact) mass is 1920 g/mol. The molecule has 0 spiro atoms. The molecule has 0 atom stereocenters. The number of aromatic nitrogens is 9. The third kappa shape index (κ3) is 14.5. The predicted octanol–water partition coefficient (Wildman–Crippen LogP) is 36.1. The van der Waals surface area contributed by atoms with Gasteiger partial charge in [-0.2, -0.15) is 0 Å². The Kier molecular flexibility index (Phi) is 20.8. The molecule has 150 heavy (non-hydrogen) atoms. The van der Waals surface area contributed by atoms with Crippen LogP contribution in [0.5, 0.6) is 0 Å². The Morgan fingerprint density at radius 3 is 1.01 bits per heavy atom. The Morgan fingerprint density at radius 1 is 0.173 bits per heavy atom. The highest BCUT2D eigenvalue weighted by molar-refractivity contribution is 6.27. The molecule has 6 heterocycles. The van der Waals surface area contributed by atoms with Crippen LogP contribution in [-0.4, -0.2) is 43.6 Å². The van der Waals surface area contributed by atoms with E-state index in [0.717, 1.165) is 101 Å². The molecule has 3 aliphatic rings. The van der Waals surface area contributed by atoms with Gasteiger partial charge >= 0.3 is 0 Å². The average Bonchev–Trinajstić information content (AvgIpc) is 1.51. The zero-order chi connectivity index (χ0) is 100. The topological polar surface area (TPSA) is 92.1 Å². The van der Waals surface area contributed by atoms with E-state index in [4.69, 9.17) is 29.9 Å². The van der Waals surface area contributed by atoms with Crippen LogP contribution in [0.15, 0.2) is 491 Å². The molecule has 0 N–H and O–H groups in total. The first-order valence-electron chi connectivity index (χ1n) is 51.8. The maximum atomic E-state index is 5.10. The smallest absolute Gasteiger partial charge is 0.160 e. The van der Waals surface area contributed by atoms with Crippen LogP contribution < -0.4 is 0 Å². The molecule has 0 radical (unpaired) electrons. The van der Waals surface area contributed by atoms with Crippen LogP contribution in [0.2, 0.25) is 0 Å². The Bertz CT molecular complexity index is 9930. The summed E-state index contributed by atoms with van der Waals surface area (Å²) in [4.78, 5) is 30.5. The molecule has 6 aromatic heterocycles. The molecule has 708 valence electrons. The third-order valence-electron chi connectivity index (χ3n) is 31.7. The predicted molar refractivity (Wildman–Crippen MR) is 623 cm³/mol. The van der Waals surface area contributed by atoms with E-state index >= 15 is 0 Å². The highest BCUT2D eigenvalue weighted by atomic mass is 15.0. The van der Waals surface area contributed by atoms with Crippen molar-refractivity contribution in [2.75, 3.05) is 0 Å². The number of rotatable bonds is 12.